The fourth-order valence-electron chi connectivity index (χ4n) is 5.35. The van der Waals surface area contributed by atoms with Gasteiger partial charge in [-0.15, -0.1) is 11.8 Å². The number of amides is 3. The Kier molecular flexibility index (Phi) is 9.85. The molecule has 0 bridgehead atoms. The highest BCUT2D eigenvalue weighted by atomic mass is 79.9. The number of nitrogens with zero attached hydrogens (tertiary/aromatic N) is 1. The molecule has 47 heavy (non-hydrogen) atoms. The van der Waals surface area contributed by atoms with Gasteiger partial charge in [-0.2, -0.15) is 0 Å². The number of para-hydroxylation sites is 1. The minimum absolute atomic E-state index is 0.0950. The maximum atomic E-state index is 13.5. The molecule has 0 atom stereocenters. The molecule has 0 fully saturated rings. The number of aromatic nitrogens is 1. The van der Waals surface area contributed by atoms with Crippen LogP contribution >= 0.6 is 27.7 Å². The maximum absolute atomic E-state index is 13.5. The Balaban J connectivity index is 1.12. The molecule has 3 amide bonds. The van der Waals surface area contributed by atoms with Gasteiger partial charge in [-0.25, -0.2) is 0 Å². The molecule has 0 spiro atoms. The van der Waals surface area contributed by atoms with Gasteiger partial charge in [0.15, 0.2) is 0 Å². The summed E-state index contributed by atoms with van der Waals surface area (Å²) in [6.45, 7) is 2.99. The summed E-state index contributed by atoms with van der Waals surface area (Å²) in [5.41, 5.74) is 4.86. The first-order valence-corrected chi connectivity index (χ1v) is 16.8. The molecule has 234 valence electrons. The number of rotatable bonds is 10. The van der Waals surface area contributed by atoms with Crippen LogP contribution in [-0.4, -0.2) is 28.0 Å². The Bertz CT molecular complexity index is 2120. The van der Waals surface area contributed by atoms with E-state index in [2.05, 4.69) is 61.6 Å². The summed E-state index contributed by atoms with van der Waals surface area (Å²) in [5, 5.41) is 10.9. The number of anilines is 2. The summed E-state index contributed by atoms with van der Waals surface area (Å²) in [6, 6.07) is 37.7. The topological polar surface area (TPSA) is 92.2 Å². The summed E-state index contributed by atoms with van der Waals surface area (Å²) in [6.07, 6.45) is 1.63. The lowest BCUT2D eigenvalue weighted by Crippen LogP contribution is -2.30. The van der Waals surface area contributed by atoms with Crippen LogP contribution in [0.4, 0.5) is 11.4 Å². The van der Waals surface area contributed by atoms with Gasteiger partial charge >= 0.3 is 0 Å². The SMILES string of the molecule is CCn1c2ccccc2c2cc(NC(=O)CSc3cccc(NC(=O)/C(=C/c4ccc(Br)cc4)NC(=O)c4ccccc4)c3)ccc21. The second-order valence-corrected chi connectivity index (χ2v) is 12.7. The van der Waals surface area contributed by atoms with Gasteiger partial charge in [-0.3, -0.25) is 14.4 Å². The predicted molar refractivity (Wildman–Crippen MR) is 196 cm³/mol. The van der Waals surface area contributed by atoms with Crippen molar-refractivity contribution in [2.45, 2.75) is 18.4 Å². The standard InChI is InChI=1S/C38H31BrN4O3S/c1-2-43-34-14-7-6-13-31(34)32-23-29(19-20-35(32)43)40-36(44)24-47-30-12-8-11-28(22-30)41-38(46)33(21-25-15-17-27(39)18-16-25)42-37(45)26-9-4-3-5-10-26/h3-23H,2,24H2,1H3,(H,40,44)(H,41,46)(H,42,45)/b33-21-. The van der Waals surface area contributed by atoms with E-state index in [9.17, 15) is 14.4 Å². The lowest BCUT2D eigenvalue weighted by Gasteiger charge is -2.12. The number of benzene rings is 5. The minimum atomic E-state index is -0.475. The molecule has 6 aromatic rings. The molecule has 6 rings (SSSR count). The molecule has 1 heterocycles. The van der Waals surface area contributed by atoms with E-state index in [1.54, 1.807) is 42.5 Å². The molecule has 0 radical (unpaired) electrons. The number of halogens is 1. The van der Waals surface area contributed by atoms with Crippen LogP contribution in [-0.2, 0) is 16.1 Å². The van der Waals surface area contributed by atoms with Gasteiger partial charge in [0.05, 0.1) is 5.75 Å². The van der Waals surface area contributed by atoms with Crippen molar-refractivity contribution in [1.82, 2.24) is 9.88 Å². The smallest absolute Gasteiger partial charge is 0.272 e. The molecule has 1 aromatic heterocycles. The van der Waals surface area contributed by atoms with Crippen LogP contribution in [0.25, 0.3) is 27.9 Å². The fraction of sp³-hybridized carbons (Fsp3) is 0.0789. The van der Waals surface area contributed by atoms with Gasteiger partial charge in [-0.05, 0) is 85.3 Å². The highest BCUT2D eigenvalue weighted by molar-refractivity contribution is 9.10. The van der Waals surface area contributed by atoms with Crippen LogP contribution in [0.1, 0.15) is 22.8 Å². The van der Waals surface area contributed by atoms with Crippen molar-refractivity contribution in [3.05, 3.63) is 143 Å². The van der Waals surface area contributed by atoms with E-state index in [1.165, 1.54) is 17.3 Å². The quantitative estimate of drug-likeness (QED) is 0.0984. The van der Waals surface area contributed by atoms with E-state index in [0.717, 1.165) is 43.5 Å². The van der Waals surface area contributed by atoms with Gasteiger partial charge in [0, 0.05) is 54.7 Å². The number of hydrogen-bond acceptors (Lipinski definition) is 4. The van der Waals surface area contributed by atoms with Crippen LogP contribution in [0.15, 0.2) is 136 Å². The van der Waals surface area contributed by atoms with Crippen LogP contribution in [0.5, 0.6) is 0 Å². The maximum Gasteiger partial charge on any atom is 0.272 e. The summed E-state index contributed by atoms with van der Waals surface area (Å²) in [4.78, 5) is 40.2. The van der Waals surface area contributed by atoms with Crippen molar-refractivity contribution in [1.29, 1.82) is 0 Å². The molecular weight excluding hydrogens is 672 g/mol. The van der Waals surface area contributed by atoms with E-state index in [0.29, 0.717) is 11.3 Å². The van der Waals surface area contributed by atoms with Crippen molar-refractivity contribution in [2.24, 2.45) is 0 Å². The normalized spacial score (nSPS) is 11.4. The van der Waals surface area contributed by atoms with E-state index < -0.39 is 11.8 Å². The first-order valence-electron chi connectivity index (χ1n) is 15.1. The van der Waals surface area contributed by atoms with E-state index in [-0.39, 0.29) is 17.4 Å². The van der Waals surface area contributed by atoms with Gasteiger partial charge in [0.25, 0.3) is 11.8 Å². The molecule has 0 aliphatic heterocycles. The molecule has 3 N–H and O–H groups in total. The number of thioether (sulfide) groups is 1. The predicted octanol–water partition coefficient (Wildman–Crippen LogP) is 8.72. The zero-order valence-corrected chi connectivity index (χ0v) is 27.9. The second-order valence-electron chi connectivity index (χ2n) is 10.7. The number of aryl methyl sites for hydroxylation is 1. The highest BCUT2D eigenvalue weighted by Crippen LogP contribution is 2.31. The van der Waals surface area contributed by atoms with E-state index in [1.807, 2.05) is 66.7 Å². The first kappa shape index (κ1) is 31.8. The Labute approximate surface area is 285 Å². The molecule has 0 unspecified atom stereocenters. The average molecular weight is 704 g/mol. The third kappa shape index (κ3) is 7.65. The third-order valence-electron chi connectivity index (χ3n) is 7.54. The molecule has 7 nitrogen and oxygen atoms in total. The number of nitrogens with one attached hydrogen (secondary N) is 3. The van der Waals surface area contributed by atoms with Crippen LogP contribution in [0.2, 0.25) is 0 Å². The number of fused-ring (bicyclic) bond motifs is 3. The third-order valence-corrected chi connectivity index (χ3v) is 9.07. The number of carbonyl (C=O) groups excluding carboxylic acids is 3. The van der Waals surface area contributed by atoms with Crippen molar-refractivity contribution >= 4 is 84.7 Å². The van der Waals surface area contributed by atoms with Crippen LogP contribution in [0, 0.1) is 0 Å². The molecule has 0 saturated carbocycles. The summed E-state index contributed by atoms with van der Waals surface area (Å²) < 4.78 is 3.17. The molecular formula is C38H31BrN4O3S. The molecule has 9 heteroatoms. The minimum Gasteiger partial charge on any atom is -0.341 e. The zero-order valence-electron chi connectivity index (χ0n) is 25.5. The first-order chi connectivity index (χ1) is 22.9. The molecule has 0 saturated heterocycles. The van der Waals surface area contributed by atoms with Gasteiger partial charge in [-0.1, -0.05) is 70.5 Å². The van der Waals surface area contributed by atoms with E-state index in [4.69, 9.17) is 0 Å². The summed E-state index contributed by atoms with van der Waals surface area (Å²) in [7, 11) is 0. The monoisotopic (exact) mass is 702 g/mol. The molecule has 5 aromatic carbocycles. The Morgan fingerprint density at radius 3 is 2.26 bits per heavy atom. The van der Waals surface area contributed by atoms with Gasteiger partial charge in [0.1, 0.15) is 5.70 Å². The Morgan fingerprint density at radius 2 is 1.47 bits per heavy atom. The van der Waals surface area contributed by atoms with Crippen molar-refractivity contribution in [2.75, 3.05) is 16.4 Å². The average Bonchev–Trinajstić information content (AvgIpc) is 3.41. The zero-order chi connectivity index (χ0) is 32.8. The van der Waals surface area contributed by atoms with Crippen molar-refractivity contribution in [3.8, 4) is 0 Å². The second kappa shape index (κ2) is 14.5. The van der Waals surface area contributed by atoms with Gasteiger partial charge < -0.3 is 20.5 Å². The Morgan fingerprint density at radius 1 is 0.745 bits per heavy atom. The van der Waals surface area contributed by atoms with Gasteiger partial charge in [0.2, 0.25) is 5.91 Å². The largest absolute Gasteiger partial charge is 0.341 e. The molecule has 0 aliphatic carbocycles. The summed E-state index contributed by atoms with van der Waals surface area (Å²) in [5.74, 6) is -0.813. The lowest BCUT2D eigenvalue weighted by atomic mass is 10.1. The van der Waals surface area contributed by atoms with Crippen LogP contribution in [0.3, 0.4) is 0 Å². The van der Waals surface area contributed by atoms with Crippen molar-refractivity contribution in [3.63, 3.8) is 0 Å². The Hall–Kier alpha value is -5.12. The van der Waals surface area contributed by atoms with Crippen LogP contribution < -0.4 is 16.0 Å². The van der Waals surface area contributed by atoms with E-state index >= 15 is 0 Å². The lowest BCUT2D eigenvalue weighted by molar-refractivity contribution is -0.114. The fourth-order valence-corrected chi connectivity index (χ4v) is 6.37. The molecule has 0 aliphatic rings. The number of hydrogen-bond donors (Lipinski definition) is 3. The number of carbonyl (C=O) groups is 3. The summed E-state index contributed by atoms with van der Waals surface area (Å²) >= 11 is 4.79. The highest BCUT2D eigenvalue weighted by Gasteiger charge is 2.16. The van der Waals surface area contributed by atoms with Crippen molar-refractivity contribution < 1.29 is 14.4 Å².